The van der Waals surface area contributed by atoms with E-state index in [1.165, 1.54) is 0 Å². The zero-order valence-electron chi connectivity index (χ0n) is 12.8. The molecule has 0 atom stereocenters. The van der Waals surface area contributed by atoms with E-state index >= 15 is 0 Å². The maximum atomic E-state index is 12.4. The van der Waals surface area contributed by atoms with Crippen molar-refractivity contribution < 1.29 is 9.59 Å². The van der Waals surface area contributed by atoms with Crippen molar-refractivity contribution in [3.05, 3.63) is 29.8 Å². The summed E-state index contributed by atoms with van der Waals surface area (Å²) in [7, 11) is 0. The first-order chi connectivity index (χ1) is 9.73. The second-order valence-electron chi connectivity index (χ2n) is 6.68. The number of hydrogen-bond donors (Lipinski definition) is 3. The number of hydrogen-bond acceptors (Lipinski definition) is 3. The van der Waals surface area contributed by atoms with Gasteiger partial charge in [0.1, 0.15) is 0 Å². The molecule has 0 radical (unpaired) electrons. The number of amides is 2. The number of carbonyl (C=O) groups is 2. The minimum absolute atomic E-state index is 0.00677. The maximum absolute atomic E-state index is 12.4. The van der Waals surface area contributed by atoms with E-state index in [1.807, 2.05) is 32.9 Å². The molecule has 0 heterocycles. The van der Waals surface area contributed by atoms with Crippen LogP contribution in [0.4, 0.5) is 5.69 Å². The molecule has 0 aromatic heterocycles. The Kier molecular flexibility index (Phi) is 3.94. The van der Waals surface area contributed by atoms with E-state index in [2.05, 4.69) is 10.6 Å². The Hall–Kier alpha value is -2.04. The van der Waals surface area contributed by atoms with Crippen LogP contribution in [0.3, 0.4) is 0 Å². The molecule has 1 aromatic carbocycles. The van der Waals surface area contributed by atoms with Crippen LogP contribution in [0.15, 0.2) is 24.3 Å². The minimum atomic E-state index is -0.476. The Morgan fingerprint density at radius 3 is 2.24 bits per heavy atom. The van der Waals surface area contributed by atoms with Crippen molar-refractivity contribution in [2.75, 3.05) is 12.3 Å². The molecular weight excluding hydrogens is 266 g/mol. The fourth-order valence-electron chi connectivity index (χ4n) is 2.37. The predicted octanol–water partition coefficient (Wildman–Crippen LogP) is 1.33. The third kappa shape index (κ3) is 3.74. The van der Waals surface area contributed by atoms with Crippen molar-refractivity contribution >= 4 is 17.5 Å². The van der Waals surface area contributed by atoms with Gasteiger partial charge in [-0.25, -0.2) is 0 Å². The summed E-state index contributed by atoms with van der Waals surface area (Å²) < 4.78 is 0. The predicted molar refractivity (Wildman–Crippen MR) is 82.7 cm³/mol. The fourth-order valence-corrected chi connectivity index (χ4v) is 2.37. The Bertz CT molecular complexity index is 540. The molecule has 0 saturated heterocycles. The lowest BCUT2D eigenvalue weighted by atomic mass is 9.95. The van der Waals surface area contributed by atoms with Crippen molar-refractivity contribution in [2.24, 2.45) is 0 Å². The van der Waals surface area contributed by atoms with Gasteiger partial charge in [0.05, 0.1) is 12.0 Å². The first-order valence-electron chi connectivity index (χ1n) is 7.18. The van der Waals surface area contributed by atoms with Gasteiger partial charge in [0.25, 0.3) is 0 Å². The van der Waals surface area contributed by atoms with Crippen molar-refractivity contribution in [1.82, 2.24) is 10.6 Å². The van der Waals surface area contributed by atoms with Gasteiger partial charge >= 0.3 is 0 Å². The second kappa shape index (κ2) is 5.39. The molecule has 114 valence electrons. The number of nitrogens with one attached hydrogen (secondary N) is 2. The normalized spacial score (nSPS) is 16.1. The Morgan fingerprint density at radius 2 is 1.76 bits per heavy atom. The highest BCUT2D eigenvalue weighted by atomic mass is 16.2. The molecule has 2 amide bonds. The SMILES string of the molecule is CC(C)(C)NC(=O)CNC(=O)C1(c2ccc(N)cc2)CC1. The molecule has 1 aliphatic rings. The standard InChI is InChI=1S/C16H23N3O2/c1-15(2,3)19-13(20)10-18-14(21)16(8-9-16)11-4-6-12(17)7-5-11/h4-7H,8-10,17H2,1-3H3,(H,18,21)(H,19,20). The lowest BCUT2D eigenvalue weighted by Gasteiger charge is -2.21. The van der Waals surface area contributed by atoms with Crippen LogP contribution in [-0.4, -0.2) is 23.9 Å². The summed E-state index contributed by atoms with van der Waals surface area (Å²) in [5.74, 6) is -0.264. The molecule has 4 N–H and O–H groups in total. The highest BCUT2D eigenvalue weighted by Crippen LogP contribution is 2.48. The third-order valence-corrected chi connectivity index (χ3v) is 3.57. The van der Waals surface area contributed by atoms with Gasteiger partial charge < -0.3 is 16.4 Å². The van der Waals surface area contributed by atoms with E-state index in [-0.39, 0.29) is 23.9 Å². The molecule has 1 fully saturated rings. The van der Waals surface area contributed by atoms with Crippen LogP contribution >= 0.6 is 0 Å². The minimum Gasteiger partial charge on any atom is -0.399 e. The lowest BCUT2D eigenvalue weighted by molar-refractivity contribution is -0.128. The number of rotatable bonds is 4. The van der Waals surface area contributed by atoms with Crippen molar-refractivity contribution in [1.29, 1.82) is 0 Å². The molecule has 1 aromatic rings. The number of carbonyl (C=O) groups excluding carboxylic acids is 2. The summed E-state index contributed by atoms with van der Waals surface area (Å²) in [4.78, 5) is 24.1. The first kappa shape index (κ1) is 15.4. The smallest absolute Gasteiger partial charge is 0.239 e. The van der Waals surface area contributed by atoms with Crippen LogP contribution in [0.1, 0.15) is 39.2 Å². The summed E-state index contributed by atoms with van der Waals surface area (Å²) >= 11 is 0. The maximum Gasteiger partial charge on any atom is 0.239 e. The van der Waals surface area contributed by atoms with Crippen molar-refractivity contribution in [3.63, 3.8) is 0 Å². The first-order valence-corrected chi connectivity index (χ1v) is 7.18. The molecule has 5 nitrogen and oxygen atoms in total. The summed E-state index contributed by atoms with van der Waals surface area (Å²) in [5.41, 5.74) is 6.54. The largest absolute Gasteiger partial charge is 0.399 e. The van der Waals surface area contributed by atoms with E-state index in [4.69, 9.17) is 5.73 Å². The van der Waals surface area contributed by atoms with Gasteiger partial charge in [0, 0.05) is 11.2 Å². The average molecular weight is 289 g/mol. The van der Waals surface area contributed by atoms with Crippen LogP contribution < -0.4 is 16.4 Å². The van der Waals surface area contributed by atoms with Gasteiger partial charge in [-0.3, -0.25) is 9.59 Å². The highest BCUT2D eigenvalue weighted by molar-refractivity contribution is 5.94. The van der Waals surface area contributed by atoms with Crippen molar-refractivity contribution in [2.45, 2.75) is 44.6 Å². The van der Waals surface area contributed by atoms with Gasteiger partial charge in [-0.15, -0.1) is 0 Å². The number of anilines is 1. The van der Waals surface area contributed by atoms with E-state index in [0.29, 0.717) is 5.69 Å². The van der Waals surface area contributed by atoms with Gasteiger partial charge in [0.15, 0.2) is 0 Å². The topological polar surface area (TPSA) is 84.2 Å². The average Bonchev–Trinajstić information content (AvgIpc) is 3.16. The van der Waals surface area contributed by atoms with Gasteiger partial charge in [-0.2, -0.15) is 0 Å². The quantitative estimate of drug-likeness (QED) is 0.731. The van der Waals surface area contributed by atoms with Crippen LogP contribution in [0.5, 0.6) is 0 Å². The van der Waals surface area contributed by atoms with E-state index in [9.17, 15) is 9.59 Å². The summed E-state index contributed by atoms with van der Waals surface area (Å²) in [6, 6.07) is 7.37. The second-order valence-corrected chi connectivity index (χ2v) is 6.68. The summed E-state index contributed by atoms with van der Waals surface area (Å²) in [6.45, 7) is 5.73. The highest BCUT2D eigenvalue weighted by Gasteiger charge is 2.51. The lowest BCUT2D eigenvalue weighted by Crippen LogP contribution is -2.47. The zero-order valence-corrected chi connectivity index (χ0v) is 12.8. The molecular formula is C16H23N3O2. The van der Waals surface area contributed by atoms with Crippen LogP contribution in [-0.2, 0) is 15.0 Å². The molecule has 0 bridgehead atoms. The Balaban J connectivity index is 1.94. The molecule has 21 heavy (non-hydrogen) atoms. The number of nitrogen functional groups attached to an aromatic ring is 1. The molecule has 0 spiro atoms. The number of benzene rings is 1. The van der Waals surface area contributed by atoms with E-state index < -0.39 is 5.41 Å². The van der Waals surface area contributed by atoms with Gasteiger partial charge in [-0.1, -0.05) is 12.1 Å². The molecule has 0 unspecified atom stereocenters. The van der Waals surface area contributed by atoms with Crippen LogP contribution in [0, 0.1) is 0 Å². The van der Waals surface area contributed by atoms with Crippen LogP contribution in [0.2, 0.25) is 0 Å². The molecule has 0 aliphatic heterocycles. The van der Waals surface area contributed by atoms with E-state index in [1.54, 1.807) is 12.1 Å². The Labute approximate surface area is 125 Å². The van der Waals surface area contributed by atoms with Crippen LogP contribution in [0.25, 0.3) is 0 Å². The molecule has 1 aliphatic carbocycles. The summed E-state index contributed by atoms with van der Waals surface area (Å²) in [5, 5.41) is 5.56. The zero-order chi connectivity index (χ0) is 15.7. The van der Waals surface area contributed by atoms with E-state index in [0.717, 1.165) is 18.4 Å². The molecule has 1 saturated carbocycles. The molecule has 5 heteroatoms. The van der Waals surface area contributed by atoms with Gasteiger partial charge in [0.2, 0.25) is 11.8 Å². The van der Waals surface area contributed by atoms with Crippen molar-refractivity contribution in [3.8, 4) is 0 Å². The summed E-state index contributed by atoms with van der Waals surface area (Å²) in [6.07, 6.45) is 1.62. The number of nitrogens with two attached hydrogens (primary N) is 1. The Morgan fingerprint density at radius 1 is 1.19 bits per heavy atom. The molecule has 2 rings (SSSR count). The monoisotopic (exact) mass is 289 g/mol. The van der Waals surface area contributed by atoms with Gasteiger partial charge in [-0.05, 0) is 51.3 Å². The third-order valence-electron chi connectivity index (χ3n) is 3.57. The fraction of sp³-hybridized carbons (Fsp3) is 0.500.